The van der Waals surface area contributed by atoms with Crippen molar-refractivity contribution in [2.45, 2.75) is 44.2 Å². The molecule has 1 saturated heterocycles. The second-order valence-electron chi connectivity index (χ2n) is 4.34. The fourth-order valence-electron chi connectivity index (χ4n) is 2.10. The lowest BCUT2D eigenvalue weighted by Gasteiger charge is -2.12. The normalized spacial score (nSPS) is 22.5. The molecule has 4 heteroatoms. The Bertz CT molecular complexity index is 323. The molecule has 2 unspecified atom stereocenters. The van der Waals surface area contributed by atoms with Crippen LogP contribution < -0.4 is 5.73 Å². The molecular weight excluding hydrogens is 286 g/mol. The summed E-state index contributed by atoms with van der Waals surface area (Å²) >= 11 is 5.19. The maximum absolute atomic E-state index is 6.14. The average Bonchev–Trinajstić information content (AvgIpc) is 2.89. The zero-order valence-corrected chi connectivity index (χ0v) is 11.7. The van der Waals surface area contributed by atoms with Gasteiger partial charge in [-0.1, -0.05) is 0 Å². The zero-order chi connectivity index (χ0) is 11.4. The summed E-state index contributed by atoms with van der Waals surface area (Å²) in [6, 6.07) is 2.32. The van der Waals surface area contributed by atoms with E-state index in [-0.39, 0.29) is 6.04 Å². The topological polar surface area (TPSA) is 35.2 Å². The lowest BCUT2D eigenvalue weighted by molar-refractivity contribution is 0.101. The Morgan fingerprint density at radius 2 is 2.50 bits per heavy atom. The van der Waals surface area contributed by atoms with Crippen LogP contribution in [0.15, 0.2) is 15.9 Å². The SMILES string of the molecule is NC(CCCC1CCCO1)c1cc(Br)cs1. The zero-order valence-electron chi connectivity index (χ0n) is 9.32. The van der Waals surface area contributed by atoms with Crippen molar-refractivity contribution >= 4 is 27.3 Å². The molecule has 1 aliphatic heterocycles. The fourth-order valence-corrected chi connectivity index (χ4v) is 3.59. The highest BCUT2D eigenvalue weighted by atomic mass is 79.9. The van der Waals surface area contributed by atoms with Gasteiger partial charge >= 0.3 is 0 Å². The molecule has 1 fully saturated rings. The van der Waals surface area contributed by atoms with Crippen LogP contribution in [0.2, 0.25) is 0 Å². The second-order valence-corrected chi connectivity index (χ2v) is 6.20. The molecular formula is C12H18BrNOS. The number of hydrogen-bond donors (Lipinski definition) is 1. The number of halogens is 1. The summed E-state index contributed by atoms with van der Waals surface area (Å²) in [7, 11) is 0. The Morgan fingerprint density at radius 3 is 3.12 bits per heavy atom. The van der Waals surface area contributed by atoms with Gasteiger partial charge in [-0.05, 0) is 54.1 Å². The maximum Gasteiger partial charge on any atom is 0.0576 e. The summed E-state index contributed by atoms with van der Waals surface area (Å²) in [5.41, 5.74) is 6.14. The molecule has 2 heterocycles. The predicted molar refractivity (Wildman–Crippen MR) is 71.8 cm³/mol. The predicted octanol–water partition coefficient (Wildman–Crippen LogP) is 3.86. The first-order chi connectivity index (χ1) is 7.75. The van der Waals surface area contributed by atoms with Gasteiger partial charge < -0.3 is 10.5 Å². The van der Waals surface area contributed by atoms with Crippen LogP contribution >= 0.6 is 27.3 Å². The molecule has 16 heavy (non-hydrogen) atoms. The monoisotopic (exact) mass is 303 g/mol. The van der Waals surface area contributed by atoms with Crippen LogP contribution in [0.3, 0.4) is 0 Å². The molecule has 0 saturated carbocycles. The molecule has 90 valence electrons. The standard InChI is InChI=1S/C12H18BrNOS/c13-9-7-12(16-8-9)11(14)5-1-3-10-4-2-6-15-10/h7-8,10-11H,1-6,14H2. The second kappa shape index (κ2) is 6.15. The van der Waals surface area contributed by atoms with Gasteiger partial charge in [0, 0.05) is 27.4 Å². The van der Waals surface area contributed by atoms with Crippen LogP contribution in [0, 0.1) is 0 Å². The van der Waals surface area contributed by atoms with E-state index >= 15 is 0 Å². The third-order valence-corrected chi connectivity index (χ3v) is 4.84. The van der Waals surface area contributed by atoms with Crippen molar-refractivity contribution in [3.8, 4) is 0 Å². The maximum atomic E-state index is 6.14. The molecule has 0 spiro atoms. The largest absolute Gasteiger partial charge is 0.378 e. The number of hydrogen-bond acceptors (Lipinski definition) is 3. The van der Waals surface area contributed by atoms with Crippen LogP contribution in [-0.4, -0.2) is 12.7 Å². The van der Waals surface area contributed by atoms with Crippen molar-refractivity contribution in [1.29, 1.82) is 0 Å². The highest BCUT2D eigenvalue weighted by Gasteiger charge is 2.16. The highest BCUT2D eigenvalue weighted by Crippen LogP contribution is 2.28. The molecule has 0 amide bonds. The molecule has 0 aromatic carbocycles. The Labute approximate surface area is 109 Å². The van der Waals surface area contributed by atoms with Gasteiger partial charge in [0.1, 0.15) is 0 Å². The summed E-state index contributed by atoms with van der Waals surface area (Å²) in [6.07, 6.45) is 6.37. The van der Waals surface area contributed by atoms with E-state index in [0.29, 0.717) is 6.10 Å². The van der Waals surface area contributed by atoms with Gasteiger partial charge in [-0.2, -0.15) is 0 Å². The number of nitrogens with two attached hydrogens (primary N) is 1. The van der Waals surface area contributed by atoms with Crippen molar-refractivity contribution in [3.05, 3.63) is 20.8 Å². The first-order valence-corrected chi connectivity index (χ1v) is 7.54. The molecule has 2 atom stereocenters. The van der Waals surface area contributed by atoms with E-state index in [2.05, 4.69) is 27.4 Å². The van der Waals surface area contributed by atoms with Crippen molar-refractivity contribution in [1.82, 2.24) is 0 Å². The van der Waals surface area contributed by atoms with Crippen molar-refractivity contribution < 1.29 is 4.74 Å². The van der Waals surface area contributed by atoms with Gasteiger partial charge in [-0.25, -0.2) is 0 Å². The van der Waals surface area contributed by atoms with E-state index < -0.39 is 0 Å². The first kappa shape index (κ1) is 12.6. The van der Waals surface area contributed by atoms with Crippen LogP contribution in [0.25, 0.3) is 0 Å². The van der Waals surface area contributed by atoms with Gasteiger partial charge in [-0.15, -0.1) is 11.3 Å². The fraction of sp³-hybridized carbons (Fsp3) is 0.667. The summed E-state index contributed by atoms with van der Waals surface area (Å²) in [5.74, 6) is 0. The smallest absolute Gasteiger partial charge is 0.0576 e. The summed E-state index contributed by atoms with van der Waals surface area (Å²) < 4.78 is 6.74. The van der Waals surface area contributed by atoms with E-state index in [1.807, 2.05) is 0 Å². The van der Waals surface area contributed by atoms with Gasteiger partial charge in [0.2, 0.25) is 0 Å². The minimum Gasteiger partial charge on any atom is -0.378 e. The van der Waals surface area contributed by atoms with E-state index in [1.165, 1.54) is 30.6 Å². The Balaban J connectivity index is 1.69. The number of ether oxygens (including phenoxy) is 1. The third-order valence-electron chi connectivity index (χ3n) is 3.02. The van der Waals surface area contributed by atoms with E-state index in [4.69, 9.17) is 10.5 Å². The van der Waals surface area contributed by atoms with Gasteiger partial charge in [0.15, 0.2) is 0 Å². The Hall–Kier alpha value is 0.1000. The Kier molecular flexibility index (Phi) is 4.82. The van der Waals surface area contributed by atoms with Crippen LogP contribution in [-0.2, 0) is 4.74 Å². The van der Waals surface area contributed by atoms with Crippen molar-refractivity contribution in [3.63, 3.8) is 0 Å². The van der Waals surface area contributed by atoms with E-state index in [1.54, 1.807) is 11.3 Å². The van der Waals surface area contributed by atoms with Crippen molar-refractivity contribution in [2.75, 3.05) is 6.61 Å². The lowest BCUT2D eigenvalue weighted by Crippen LogP contribution is -2.10. The molecule has 0 bridgehead atoms. The third kappa shape index (κ3) is 3.55. The first-order valence-electron chi connectivity index (χ1n) is 5.87. The van der Waals surface area contributed by atoms with Crippen LogP contribution in [0.1, 0.15) is 43.0 Å². The Morgan fingerprint density at radius 1 is 1.62 bits per heavy atom. The number of thiophene rings is 1. The summed E-state index contributed by atoms with van der Waals surface area (Å²) in [5, 5.41) is 2.09. The molecule has 0 aliphatic carbocycles. The lowest BCUT2D eigenvalue weighted by atomic mass is 10.0. The molecule has 2 N–H and O–H groups in total. The van der Waals surface area contributed by atoms with Gasteiger partial charge in [0.25, 0.3) is 0 Å². The average molecular weight is 304 g/mol. The molecule has 2 rings (SSSR count). The van der Waals surface area contributed by atoms with Gasteiger partial charge in [0.05, 0.1) is 6.10 Å². The van der Waals surface area contributed by atoms with Crippen LogP contribution in [0.4, 0.5) is 0 Å². The van der Waals surface area contributed by atoms with Crippen LogP contribution in [0.5, 0.6) is 0 Å². The summed E-state index contributed by atoms with van der Waals surface area (Å²) in [6.45, 7) is 0.953. The molecule has 0 radical (unpaired) electrons. The minimum absolute atomic E-state index is 0.192. The molecule has 1 aromatic rings. The van der Waals surface area contributed by atoms with E-state index in [9.17, 15) is 0 Å². The molecule has 1 aliphatic rings. The number of rotatable bonds is 5. The molecule has 1 aromatic heterocycles. The molecule has 2 nitrogen and oxygen atoms in total. The van der Waals surface area contributed by atoms with Crippen molar-refractivity contribution in [2.24, 2.45) is 5.73 Å². The van der Waals surface area contributed by atoms with Gasteiger partial charge in [-0.3, -0.25) is 0 Å². The highest BCUT2D eigenvalue weighted by molar-refractivity contribution is 9.10. The minimum atomic E-state index is 0.192. The van der Waals surface area contributed by atoms with E-state index in [0.717, 1.165) is 17.5 Å². The quantitative estimate of drug-likeness (QED) is 0.896. The summed E-state index contributed by atoms with van der Waals surface area (Å²) in [4.78, 5) is 1.28.